The van der Waals surface area contributed by atoms with Gasteiger partial charge in [0.2, 0.25) is 0 Å². The summed E-state index contributed by atoms with van der Waals surface area (Å²) in [5, 5.41) is 0.636. The predicted octanol–water partition coefficient (Wildman–Crippen LogP) is 5.39. The minimum Gasteiger partial charge on any atom is -0.293 e. The predicted molar refractivity (Wildman–Crippen MR) is 85.4 cm³/mol. The Labute approximate surface area is 130 Å². The lowest BCUT2D eigenvalue weighted by molar-refractivity contribution is 0.102. The molecule has 0 amide bonds. The lowest BCUT2D eigenvalue weighted by Gasteiger charge is -2.05. The molecule has 0 bridgehead atoms. The van der Waals surface area contributed by atoms with E-state index in [1.807, 2.05) is 43.3 Å². The van der Waals surface area contributed by atoms with Crippen LogP contribution in [0.2, 0.25) is 5.02 Å². The van der Waals surface area contributed by atoms with Gasteiger partial charge >= 0.3 is 0 Å². The molecular weight excluding hydrogens is 344 g/mol. The fourth-order valence-electron chi connectivity index (χ4n) is 1.55. The fraction of sp³-hybridized carbons (Fsp3) is 0.133. The molecule has 1 nitrogen and oxygen atoms in total. The number of thioether (sulfide) groups is 1. The third-order valence-electron chi connectivity index (χ3n) is 2.69. The molecule has 19 heavy (non-hydrogen) atoms. The maximum Gasteiger partial charge on any atom is 0.173 e. The molecule has 2 aromatic carbocycles. The molecule has 0 heterocycles. The largest absolute Gasteiger partial charge is 0.293 e. The Kier molecular flexibility index (Phi) is 5.08. The molecule has 0 N–H and O–H groups in total. The number of hydrogen-bond donors (Lipinski definition) is 0. The van der Waals surface area contributed by atoms with E-state index < -0.39 is 0 Å². The summed E-state index contributed by atoms with van der Waals surface area (Å²) in [6.07, 6.45) is 0. The minimum atomic E-state index is 0.0858. The van der Waals surface area contributed by atoms with Crippen LogP contribution in [0.15, 0.2) is 51.8 Å². The number of benzene rings is 2. The van der Waals surface area contributed by atoms with Crippen molar-refractivity contribution in [1.82, 2.24) is 0 Å². The first-order valence-electron chi connectivity index (χ1n) is 5.74. The second-order valence-electron chi connectivity index (χ2n) is 4.11. The summed E-state index contributed by atoms with van der Waals surface area (Å²) >= 11 is 11.0. The number of carbonyl (C=O) groups excluding carboxylic acids is 1. The Morgan fingerprint density at radius 1 is 1.26 bits per heavy atom. The molecule has 0 aliphatic rings. The third kappa shape index (κ3) is 3.85. The molecule has 0 atom stereocenters. The van der Waals surface area contributed by atoms with E-state index >= 15 is 0 Å². The van der Waals surface area contributed by atoms with Crippen LogP contribution in [0.3, 0.4) is 0 Å². The van der Waals surface area contributed by atoms with Crippen LogP contribution >= 0.6 is 39.3 Å². The molecule has 2 rings (SSSR count). The van der Waals surface area contributed by atoms with E-state index in [4.69, 9.17) is 11.6 Å². The Balaban J connectivity index is 2.05. The van der Waals surface area contributed by atoms with Gasteiger partial charge in [-0.1, -0.05) is 35.9 Å². The van der Waals surface area contributed by atoms with Crippen molar-refractivity contribution in [2.45, 2.75) is 11.8 Å². The zero-order chi connectivity index (χ0) is 13.8. The molecule has 98 valence electrons. The van der Waals surface area contributed by atoms with E-state index in [1.54, 1.807) is 6.07 Å². The topological polar surface area (TPSA) is 17.1 Å². The first-order chi connectivity index (χ1) is 9.08. The highest BCUT2D eigenvalue weighted by atomic mass is 79.9. The van der Waals surface area contributed by atoms with Gasteiger partial charge in [0.05, 0.1) is 5.75 Å². The molecule has 0 aromatic heterocycles. The molecule has 0 fully saturated rings. The van der Waals surface area contributed by atoms with Gasteiger partial charge in [0.25, 0.3) is 0 Å². The summed E-state index contributed by atoms with van der Waals surface area (Å²) in [7, 11) is 0. The number of ketones is 1. The Hall–Kier alpha value is -0.770. The van der Waals surface area contributed by atoms with Crippen LogP contribution in [-0.4, -0.2) is 11.5 Å². The van der Waals surface area contributed by atoms with Crippen molar-refractivity contribution in [1.29, 1.82) is 0 Å². The van der Waals surface area contributed by atoms with Gasteiger partial charge in [0.1, 0.15) is 0 Å². The van der Waals surface area contributed by atoms with E-state index in [0.29, 0.717) is 16.3 Å². The quantitative estimate of drug-likeness (QED) is 0.540. The summed E-state index contributed by atoms with van der Waals surface area (Å²) < 4.78 is 1.01. The second kappa shape index (κ2) is 6.60. The van der Waals surface area contributed by atoms with Gasteiger partial charge in [-0.3, -0.25) is 4.79 Å². The van der Waals surface area contributed by atoms with Gasteiger partial charge in [0, 0.05) is 20.0 Å². The molecule has 0 aliphatic carbocycles. The summed E-state index contributed by atoms with van der Waals surface area (Å²) in [5.74, 6) is 0.491. The second-order valence-corrected chi connectivity index (χ2v) is 6.38. The first-order valence-corrected chi connectivity index (χ1v) is 7.90. The monoisotopic (exact) mass is 354 g/mol. The van der Waals surface area contributed by atoms with Crippen molar-refractivity contribution in [2.24, 2.45) is 0 Å². The number of halogens is 2. The molecule has 0 radical (unpaired) electrons. The normalized spacial score (nSPS) is 10.5. The fourth-order valence-corrected chi connectivity index (χ4v) is 3.20. The van der Waals surface area contributed by atoms with Crippen molar-refractivity contribution < 1.29 is 4.79 Å². The van der Waals surface area contributed by atoms with Crippen LogP contribution < -0.4 is 0 Å². The highest BCUT2D eigenvalue weighted by Gasteiger charge is 2.09. The summed E-state index contributed by atoms with van der Waals surface area (Å²) in [6.45, 7) is 1.92. The van der Waals surface area contributed by atoms with Crippen molar-refractivity contribution in [3.63, 3.8) is 0 Å². The number of hydrogen-bond acceptors (Lipinski definition) is 2. The van der Waals surface area contributed by atoms with E-state index in [9.17, 15) is 4.79 Å². The van der Waals surface area contributed by atoms with E-state index in [2.05, 4.69) is 15.9 Å². The van der Waals surface area contributed by atoms with Crippen LogP contribution in [0.25, 0.3) is 0 Å². The Morgan fingerprint density at radius 2 is 2.00 bits per heavy atom. The average molecular weight is 356 g/mol. The minimum absolute atomic E-state index is 0.0858. The van der Waals surface area contributed by atoms with Crippen LogP contribution in [0.1, 0.15) is 15.9 Å². The van der Waals surface area contributed by atoms with Crippen LogP contribution in [0, 0.1) is 6.92 Å². The SMILES string of the molecule is Cc1ccc(C(=O)CSc2ccccc2Br)cc1Cl. The third-order valence-corrected chi connectivity index (χ3v) is 5.12. The van der Waals surface area contributed by atoms with Gasteiger partial charge in [-0.05, 0) is 46.6 Å². The summed E-state index contributed by atoms with van der Waals surface area (Å²) in [5.41, 5.74) is 1.65. The molecule has 0 unspecified atom stereocenters. The van der Waals surface area contributed by atoms with Gasteiger partial charge in [-0.2, -0.15) is 0 Å². The smallest absolute Gasteiger partial charge is 0.173 e. The van der Waals surface area contributed by atoms with Crippen molar-refractivity contribution in [3.8, 4) is 0 Å². The Bertz CT molecular complexity index is 613. The summed E-state index contributed by atoms with van der Waals surface area (Å²) in [6, 6.07) is 13.3. The molecule has 0 saturated heterocycles. The number of aryl methyl sites for hydroxylation is 1. The standard InChI is InChI=1S/C15H12BrClOS/c1-10-6-7-11(8-13(10)17)14(18)9-19-15-5-3-2-4-12(15)16/h2-8H,9H2,1H3. The van der Waals surface area contributed by atoms with Gasteiger partial charge in [-0.25, -0.2) is 0 Å². The van der Waals surface area contributed by atoms with Gasteiger partial charge in [-0.15, -0.1) is 11.8 Å². The van der Waals surface area contributed by atoms with Crippen LogP contribution in [-0.2, 0) is 0 Å². The molecule has 0 spiro atoms. The summed E-state index contributed by atoms with van der Waals surface area (Å²) in [4.78, 5) is 13.2. The highest BCUT2D eigenvalue weighted by Crippen LogP contribution is 2.28. The van der Waals surface area contributed by atoms with Crippen LogP contribution in [0.4, 0.5) is 0 Å². The molecular formula is C15H12BrClOS. The molecule has 4 heteroatoms. The van der Waals surface area contributed by atoms with E-state index in [-0.39, 0.29) is 5.78 Å². The molecule has 2 aromatic rings. The van der Waals surface area contributed by atoms with Crippen molar-refractivity contribution in [3.05, 3.63) is 63.1 Å². The first kappa shape index (κ1) is 14.6. The maximum absolute atomic E-state index is 12.1. The van der Waals surface area contributed by atoms with Crippen molar-refractivity contribution >= 4 is 45.1 Å². The molecule has 0 saturated carbocycles. The molecule has 0 aliphatic heterocycles. The number of Topliss-reactive ketones (excluding diaryl/α,β-unsaturated/α-hetero) is 1. The Morgan fingerprint density at radius 3 is 2.68 bits per heavy atom. The average Bonchev–Trinajstić information content (AvgIpc) is 2.40. The zero-order valence-corrected chi connectivity index (χ0v) is 13.5. The lowest BCUT2D eigenvalue weighted by atomic mass is 10.1. The highest BCUT2D eigenvalue weighted by molar-refractivity contribution is 9.10. The lowest BCUT2D eigenvalue weighted by Crippen LogP contribution is -2.02. The number of carbonyl (C=O) groups is 1. The van der Waals surface area contributed by atoms with Gasteiger partial charge in [0.15, 0.2) is 5.78 Å². The number of rotatable bonds is 4. The van der Waals surface area contributed by atoms with Crippen LogP contribution in [0.5, 0.6) is 0 Å². The maximum atomic E-state index is 12.1. The van der Waals surface area contributed by atoms with E-state index in [1.165, 1.54) is 11.8 Å². The zero-order valence-electron chi connectivity index (χ0n) is 10.3. The van der Waals surface area contributed by atoms with E-state index in [0.717, 1.165) is 14.9 Å². The van der Waals surface area contributed by atoms with Crippen molar-refractivity contribution in [2.75, 3.05) is 5.75 Å². The van der Waals surface area contributed by atoms with Gasteiger partial charge < -0.3 is 0 Å².